The number of carbonyl (C=O) groups is 1. The summed E-state index contributed by atoms with van der Waals surface area (Å²) in [6, 6.07) is 11.4. The van der Waals surface area contributed by atoms with Gasteiger partial charge in [0, 0.05) is 16.3 Å². The molecular weight excluding hydrogens is 558 g/mol. The van der Waals surface area contributed by atoms with Crippen molar-refractivity contribution in [1.29, 1.82) is 0 Å². The fourth-order valence-electron chi connectivity index (χ4n) is 3.62. The molecule has 0 saturated carbocycles. The number of nitrogens with one attached hydrogen (secondary N) is 2. The molecule has 7 nitrogen and oxygen atoms in total. The number of halogens is 3. The third-order valence-corrected chi connectivity index (χ3v) is 6.70. The summed E-state index contributed by atoms with van der Waals surface area (Å²) >= 11 is 9.82. The van der Waals surface area contributed by atoms with Gasteiger partial charge in [-0.25, -0.2) is 14.9 Å². The van der Waals surface area contributed by atoms with Crippen LogP contribution in [0.15, 0.2) is 86.4 Å². The highest BCUT2D eigenvalue weighted by Crippen LogP contribution is 2.37. The number of aliphatic hydroxyl groups is 1. The summed E-state index contributed by atoms with van der Waals surface area (Å²) < 4.78 is 14.1. The van der Waals surface area contributed by atoms with Gasteiger partial charge in [-0.1, -0.05) is 45.7 Å². The second kappa shape index (κ2) is 11.5. The molecule has 0 radical (unpaired) electrons. The minimum absolute atomic E-state index is 0.0444. The number of carbonyl (C=O) groups excluding carboxylic acids is 1. The predicted molar refractivity (Wildman–Crippen MR) is 141 cm³/mol. The van der Waals surface area contributed by atoms with Crippen LogP contribution in [0.3, 0.4) is 0 Å². The smallest absolute Gasteiger partial charge is 0.276 e. The van der Waals surface area contributed by atoms with E-state index in [1.807, 2.05) is 17.0 Å². The van der Waals surface area contributed by atoms with E-state index in [-0.39, 0.29) is 25.1 Å². The molecule has 0 aromatic heterocycles. The van der Waals surface area contributed by atoms with Crippen LogP contribution in [0.1, 0.15) is 5.56 Å². The summed E-state index contributed by atoms with van der Waals surface area (Å²) in [5.41, 5.74) is 5.38. The summed E-state index contributed by atoms with van der Waals surface area (Å²) in [7, 11) is 2.66. The van der Waals surface area contributed by atoms with Crippen molar-refractivity contribution in [2.75, 3.05) is 18.5 Å². The highest BCUT2D eigenvalue weighted by atomic mass is 79.9. The van der Waals surface area contributed by atoms with Gasteiger partial charge >= 0.3 is 0 Å². The Hall–Kier alpha value is -2.55. The zero-order chi connectivity index (χ0) is 24.9. The molecule has 2 atom stereocenters. The van der Waals surface area contributed by atoms with Crippen molar-refractivity contribution in [3.05, 3.63) is 97.8 Å². The third-order valence-electron chi connectivity index (χ3n) is 5.31. The van der Waals surface area contributed by atoms with E-state index in [0.717, 1.165) is 15.7 Å². The van der Waals surface area contributed by atoms with E-state index in [1.54, 1.807) is 36.7 Å². The Bertz CT molecular complexity index is 1250. The van der Waals surface area contributed by atoms with Gasteiger partial charge in [-0.05, 0) is 42.0 Å². The van der Waals surface area contributed by atoms with Crippen LogP contribution in [0, 0.1) is 5.82 Å². The fourth-order valence-corrected chi connectivity index (χ4v) is 4.82. The van der Waals surface area contributed by atoms with E-state index in [2.05, 4.69) is 41.0 Å². The van der Waals surface area contributed by atoms with Crippen LogP contribution in [0.25, 0.3) is 0 Å². The van der Waals surface area contributed by atoms with Gasteiger partial charge in [0.1, 0.15) is 5.82 Å². The zero-order valence-corrected chi connectivity index (χ0v) is 21.8. The van der Waals surface area contributed by atoms with Gasteiger partial charge in [-0.2, -0.15) is 0 Å². The molecule has 35 heavy (non-hydrogen) atoms. The van der Waals surface area contributed by atoms with Gasteiger partial charge in [0.15, 0.2) is 0 Å². The second-order valence-corrected chi connectivity index (χ2v) is 9.59. The predicted octanol–water partition coefficient (Wildman–Crippen LogP) is 4.52. The van der Waals surface area contributed by atoms with Crippen molar-refractivity contribution in [2.24, 2.45) is 4.99 Å². The molecule has 3 N–H and O–H groups in total. The number of hydroxylamine groups is 1. The Balaban J connectivity index is 1.69. The Morgan fingerprint density at radius 3 is 2.77 bits per heavy atom. The average molecular weight is 580 g/mol. The standard InChI is InChI=1S/C24H22BrClFN4O3P/c25-15-3-7-19(18(26)11-15)29-21-17(24(33)30-34-10-9-32)6-8-20-22(23(21)35)28-13-31(20)12-14-1-4-16(27)5-2-14/h1-8,11,13,20,29,32H,9-10,12,35H2,(H,30,33). The number of allylic oxidation sites excluding steroid dienone is 1. The number of amides is 1. The molecule has 4 rings (SSSR count). The Kier molecular flexibility index (Phi) is 8.36. The van der Waals surface area contributed by atoms with Gasteiger partial charge in [-0.3, -0.25) is 9.63 Å². The molecule has 1 amide bonds. The molecule has 2 aliphatic rings. The monoisotopic (exact) mass is 578 g/mol. The maximum Gasteiger partial charge on any atom is 0.276 e. The SMILES string of the molecule is O=C(NOCCO)C1=C(Nc2ccc(Br)cc2Cl)C(P)=C2N=CN(Cc3ccc(F)cc3)C2C=C1. The lowest BCUT2D eigenvalue weighted by Gasteiger charge is -2.23. The Labute approximate surface area is 217 Å². The summed E-state index contributed by atoms with van der Waals surface area (Å²) in [6.07, 6.45) is 5.30. The van der Waals surface area contributed by atoms with Gasteiger partial charge in [-0.15, -0.1) is 9.24 Å². The highest BCUT2D eigenvalue weighted by molar-refractivity contribution is 9.10. The lowest BCUT2D eigenvalue weighted by Crippen LogP contribution is -2.29. The first-order valence-corrected chi connectivity index (χ1v) is 12.3. The van der Waals surface area contributed by atoms with Crippen molar-refractivity contribution >= 4 is 54.7 Å². The van der Waals surface area contributed by atoms with E-state index >= 15 is 0 Å². The first kappa shape index (κ1) is 25.5. The fraction of sp³-hybridized carbons (Fsp3) is 0.167. The van der Waals surface area contributed by atoms with Crippen LogP contribution < -0.4 is 10.8 Å². The summed E-state index contributed by atoms with van der Waals surface area (Å²) in [5, 5.41) is 13.4. The van der Waals surface area contributed by atoms with Gasteiger partial charge in [0.05, 0.1) is 53.3 Å². The largest absolute Gasteiger partial charge is 0.394 e. The number of benzene rings is 2. The minimum Gasteiger partial charge on any atom is -0.394 e. The molecule has 0 bridgehead atoms. The second-order valence-electron chi connectivity index (χ2n) is 7.69. The summed E-state index contributed by atoms with van der Waals surface area (Å²) in [4.78, 5) is 24.7. The van der Waals surface area contributed by atoms with Crippen LogP contribution in [-0.4, -0.2) is 41.5 Å². The molecule has 0 saturated heterocycles. The topological polar surface area (TPSA) is 86.2 Å². The average Bonchev–Trinajstić information content (AvgIpc) is 3.17. The van der Waals surface area contributed by atoms with Crippen LogP contribution >= 0.6 is 36.8 Å². The maximum atomic E-state index is 13.3. The van der Waals surface area contributed by atoms with Crippen molar-refractivity contribution in [2.45, 2.75) is 12.6 Å². The molecule has 1 aliphatic heterocycles. The van der Waals surface area contributed by atoms with Crippen LogP contribution in [-0.2, 0) is 16.2 Å². The number of hydrogen-bond acceptors (Lipinski definition) is 6. The van der Waals surface area contributed by atoms with Crippen LogP contribution in [0.4, 0.5) is 10.1 Å². The highest BCUT2D eigenvalue weighted by Gasteiger charge is 2.31. The molecule has 1 heterocycles. The number of fused-ring (bicyclic) bond motifs is 1. The molecule has 2 aromatic carbocycles. The number of hydrogen-bond donors (Lipinski definition) is 3. The molecule has 2 aromatic rings. The van der Waals surface area contributed by atoms with Crippen molar-refractivity contribution in [3.8, 4) is 0 Å². The summed E-state index contributed by atoms with van der Waals surface area (Å²) in [6.45, 7) is 0.225. The van der Waals surface area contributed by atoms with Gasteiger partial charge in [0.2, 0.25) is 0 Å². The van der Waals surface area contributed by atoms with Crippen molar-refractivity contribution < 1.29 is 19.1 Å². The molecule has 0 fully saturated rings. The first-order valence-electron chi connectivity index (χ1n) is 10.6. The zero-order valence-electron chi connectivity index (χ0n) is 18.3. The number of nitrogens with zero attached hydrogens (tertiary/aromatic N) is 2. The van der Waals surface area contributed by atoms with E-state index in [9.17, 15) is 9.18 Å². The van der Waals surface area contributed by atoms with E-state index in [1.165, 1.54) is 12.1 Å². The number of anilines is 1. The van der Waals surface area contributed by atoms with Crippen molar-refractivity contribution in [1.82, 2.24) is 10.4 Å². The summed E-state index contributed by atoms with van der Waals surface area (Å²) in [5.74, 6) is -0.795. The number of rotatable bonds is 8. The molecular formula is C24H22BrClFN4O3P. The van der Waals surface area contributed by atoms with Crippen molar-refractivity contribution in [3.63, 3.8) is 0 Å². The van der Waals surface area contributed by atoms with Crippen LogP contribution in [0.5, 0.6) is 0 Å². The lowest BCUT2D eigenvalue weighted by molar-refractivity contribution is -0.129. The normalized spacial score (nSPS) is 17.1. The van der Waals surface area contributed by atoms with Gasteiger partial charge < -0.3 is 15.3 Å². The lowest BCUT2D eigenvalue weighted by atomic mass is 10.1. The molecule has 182 valence electrons. The minimum atomic E-state index is -0.500. The van der Waals surface area contributed by atoms with E-state index < -0.39 is 5.91 Å². The van der Waals surface area contributed by atoms with Crippen LogP contribution in [0.2, 0.25) is 5.02 Å². The maximum absolute atomic E-state index is 13.3. The van der Waals surface area contributed by atoms with E-state index in [0.29, 0.717) is 33.8 Å². The number of aliphatic hydroxyl groups excluding tert-OH is 1. The Morgan fingerprint density at radius 2 is 2.06 bits per heavy atom. The van der Waals surface area contributed by atoms with Gasteiger partial charge in [0.25, 0.3) is 5.91 Å². The molecule has 2 unspecified atom stereocenters. The third kappa shape index (κ3) is 6.00. The Morgan fingerprint density at radius 1 is 1.29 bits per heavy atom. The van der Waals surface area contributed by atoms with E-state index in [4.69, 9.17) is 21.5 Å². The quantitative estimate of drug-likeness (QED) is 0.243. The first-order chi connectivity index (χ1) is 16.9. The molecule has 11 heteroatoms. The number of aliphatic imine (C=N–C) groups is 1. The molecule has 1 aliphatic carbocycles. The molecule has 0 spiro atoms.